The van der Waals surface area contributed by atoms with E-state index < -0.39 is 0 Å². The molecule has 1 heterocycles. The van der Waals surface area contributed by atoms with Crippen molar-refractivity contribution in [2.45, 2.75) is 26.3 Å². The van der Waals surface area contributed by atoms with Crippen molar-refractivity contribution in [3.8, 4) is 0 Å². The Labute approximate surface area is 101 Å². The summed E-state index contributed by atoms with van der Waals surface area (Å²) in [5.74, 6) is 0.212. The van der Waals surface area contributed by atoms with E-state index in [0.29, 0.717) is 13.0 Å². The molecule has 0 aliphatic rings. The summed E-state index contributed by atoms with van der Waals surface area (Å²) in [5, 5.41) is 10.2. The number of para-hydroxylation sites is 1. The van der Waals surface area contributed by atoms with Gasteiger partial charge in [0.2, 0.25) is 0 Å². The number of aliphatic hydroxyl groups excluding tert-OH is 1. The number of aliphatic hydroxyl groups is 1. The Bertz CT molecular complexity index is 528. The molecule has 0 bridgehead atoms. The van der Waals surface area contributed by atoms with E-state index in [-0.39, 0.29) is 12.4 Å². The number of carbonyl (C=O) groups excluding carboxylic acids is 1. The highest BCUT2D eigenvalue weighted by atomic mass is 16.3. The molecular weight excluding hydrogens is 214 g/mol. The minimum Gasteiger partial charge on any atom is -0.395 e. The monoisotopic (exact) mass is 231 g/mol. The van der Waals surface area contributed by atoms with Gasteiger partial charge in [-0.1, -0.05) is 18.2 Å². The lowest BCUT2D eigenvalue weighted by Crippen LogP contribution is -1.99. The number of carbonyl (C=O) groups is 1. The summed E-state index contributed by atoms with van der Waals surface area (Å²) in [5.41, 5.74) is 2.31. The van der Waals surface area contributed by atoms with Gasteiger partial charge < -0.3 is 14.5 Å². The van der Waals surface area contributed by atoms with E-state index in [2.05, 4.69) is 6.07 Å². The molecule has 3 nitrogen and oxygen atoms in total. The van der Waals surface area contributed by atoms with Gasteiger partial charge in [-0.05, 0) is 25.0 Å². The molecule has 0 saturated carbocycles. The maximum atomic E-state index is 11.0. The van der Waals surface area contributed by atoms with Gasteiger partial charge in [0, 0.05) is 30.1 Å². The first-order chi connectivity index (χ1) is 8.22. The molecular formula is C14H17NO2. The zero-order valence-electron chi connectivity index (χ0n) is 10.0. The molecule has 90 valence electrons. The topological polar surface area (TPSA) is 42.2 Å². The molecule has 0 unspecified atom stereocenters. The zero-order valence-corrected chi connectivity index (χ0v) is 10.0. The summed E-state index contributed by atoms with van der Waals surface area (Å²) in [6.45, 7) is 2.35. The van der Waals surface area contributed by atoms with Crippen LogP contribution in [0.25, 0.3) is 10.9 Å². The highest BCUT2D eigenvalue weighted by Gasteiger charge is 2.08. The first-order valence-electron chi connectivity index (χ1n) is 5.89. The molecule has 1 N–H and O–H groups in total. The molecule has 2 aromatic rings. The molecule has 17 heavy (non-hydrogen) atoms. The number of nitrogens with zero attached hydrogens (tertiary/aromatic N) is 1. The molecule has 0 spiro atoms. The van der Waals surface area contributed by atoms with Crippen molar-refractivity contribution in [3.63, 3.8) is 0 Å². The average Bonchev–Trinajstić information content (AvgIpc) is 2.66. The fraction of sp³-hybridized carbons (Fsp3) is 0.357. The van der Waals surface area contributed by atoms with Gasteiger partial charge in [0.25, 0.3) is 0 Å². The molecule has 0 aliphatic heterocycles. The fourth-order valence-corrected chi connectivity index (χ4v) is 2.13. The number of rotatable bonds is 5. The van der Waals surface area contributed by atoms with Crippen LogP contribution in [0.2, 0.25) is 0 Å². The number of hydrogen-bond donors (Lipinski definition) is 1. The van der Waals surface area contributed by atoms with Crippen LogP contribution in [0.4, 0.5) is 0 Å². The van der Waals surface area contributed by atoms with E-state index >= 15 is 0 Å². The normalized spacial score (nSPS) is 10.9. The summed E-state index contributed by atoms with van der Waals surface area (Å²) < 4.78 is 2.05. The molecule has 0 amide bonds. The van der Waals surface area contributed by atoms with E-state index in [1.807, 2.05) is 29.0 Å². The fourth-order valence-electron chi connectivity index (χ4n) is 2.13. The van der Waals surface area contributed by atoms with Crippen LogP contribution in [0, 0.1) is 0 Å². The van der Waals surface area contributed by atoms with Crippen molar-refractivity contribution < 1.29 is 9.90 Å². The van der Waals surface area contributed by atoms with E-state index in [0.717, 1.165) is 11.9 Å². The molecule has 0 radical (unpaired) electrons. The van der Waals surface area contributed by atoms with Gasteiger partial charge in [-0.25, -0.2) is 0 Å². The van der Waals surface area contributed by atoms with E-state index in [1.165, 1.54) is 10.9 Å². The van der Waals surface area contributed by atoms with Gasteiger partial charge in [-0.15, -0.1) is 0 Å². The van der Waals surface area contributed by atoms with Crippen molar-refractivity contribution in [1.29, 1.82) is 0 Å². The average molecular weight is 231 g/mol. The van der Waals surface area contributed by atoms with Crippen LogP contribution in [-0.4, -0.2) is 22.1 Å². The quantitative estimate of drug-likeness (QED) is 0.856. The number of Topliss-reactive ketones (excluding diaryl/α,β-unsaturated/α-hetero) is 1. The van der Waals surface area contributed by atoms with Crippen LogP contribution in [0.1, 0.15) is 18.9 Å². The molecule has 2 rings (SSSR count). The molecule has 1 aromatic heterocycles. The van der Waals surface area contributed by atoms with Gasteiger partial charge >= 0.3 is 0 Å². The van der Waals surface area contributed by atoms with Crippen molar-refractivity contribution in [2.24, 2.45) is 0 Å². The molecule has 0 saturated heterocycles. The predicted molar refractivity (Wildman–Crippen MR) is 68.0 cm³/mol. The largest absolute Gasteiger partial charge is 0.395 e. The SMILES string of the molecule is CC(=O)CCc1cn(CCO)c2ccccc12. The second-order valence-corrected chi connectivity index (χ2v) is 4.29. The second kappa shape index (κ2) is 5.15. The molecule has 0 fully saturated rings. The lowest BCUT2D eigenvalue weighted by Gasteiger charge is -2.00. The van der Waals surface area contributed by atoms with Crippen LogP contribution in [0.5, 0.6) is 0 Å². The van der Waals surface area contributed by atoms with Crippen molar-refractivity contribution >= 4 is 16.7 Å². The number of ketones is 1. The van der Waals surface area contributed by atoms with Gasteiger partial charge in [0.15, 0.2) is 0 Å². The molecule has 0 aliphatic carbocycles. The molecule has 0 atom stereocenters. The third-order valence-corrected chi connectivity index (χ3v) is 2.96. The van der Waals surface area contributed by atoms with Crippen LogP contribution in [-0.2, 0) is 17.8 Å². The zero-order chi connectivity index (χ0) is 12.3. The number of hydrogen-bond acceptors (Lipinski definition) is 2. The van der Waals surface area contributed by atoms with Gasteiger partial charge in [-0.2, -0.15) is 0 Å². The minimum absolute atomic E-state index is 0.130. The predicted octanol–water partition coefficient (Wildman–Crippen LogP) is 2.16. The third-order valence-electron chi connectivity index (χ3n) is 2.96. The first-order valence-corrected chi connectivity index (χ1v) is 5.89. The summed E-state index contributed by atoms with van der Waals surface area (Å²) in [4.78, 5) is 11.0. The number of aryl methyl sites for hydroxylation is 1. The number of benzene rings is 1. The standard InChI is InChI=1S/C14H17NO2/c1-11(17)6-7-12-10-15(8-9-16)14-5-3-2-4-13(12)14/h2-5,10,16H,6-9H2,1H3. The minimum atomic E-state index is 0.130. The summed E-state index contributed by atoms with van der Waals surface area (Å²) in [6, 6.07) is 8.11. The van der Waals surface area contributed by atoms with Gasteiger partial charge in [-0.3, -0.25) is 0 Å². The summed E-state index contributed by atoms with van der Waals surface area (Å²) in [7, 11) is 0. The van der Waals surface area contributed by atoms with Crippen molar-refractivity contribution in [1.82, 2.24) is 4.57 Å². The van der Waals surface area contributed by atoms with Gasteiger partial charge in [0.1, 0.15) is 5.78 Å². The summed E-state index contributed by atoms with van der Waals surface area (Å²) in [6.07, 6.45) is 3.39. The molecule has 3 heteroatoms. The lowest BCUT2D eigenvalue weighted by atomic mass is 10.1. The molecule has 1 aromatic carbocycles. The summed E-state index contributed by atoms with van der Waals surface area (Å²) >= 11 is 0. The maximum absolute atomic E-state index is 11.0. The van der Waals surface area contributed by atoms with E-state index in [4.69, 9.17) is 5.11 Å². The Hall–Kier alpha value is -1.61. The highest BCUT2D eigenvalue weighted by molar-refractivity contribution is 5.85. The van der Waals surface area contributed by atoms with Crippen LogP contribution in [0.3, 0.4) is 0 Å². The second-order valence-electron chi connectivity index (χ2n) is 4.29. The third kappa shape index (κ3) is 2.56. The Morgan fingerprint density at radius 1 is 1.35 bits per heavy atom. The lowest BCUT2D eigenvalue weighted by molar-refractivity contribution is -0.116. The Balaban J connectivity index is 2.37. The Morgan fingerprint density at radius 2 is 2.12 bits per heavy atom. The highest BCUT2D eigenvalue weighted by Crippen LogP contribution is 2.22. The van der Waals surface area contributed by atoms with Gasteiger partial charge in [0.05, 0.1) is 6.61 Å². The van der Waals surface area contributed by atoms with E-state index in [1.54, 1.807) is 6.92 Å². The Morgan fingerprint density at radius 3 is 2.82 bits per heavy atom. The maximum Gasteiger partial charge on any atom is 0.130 e. The number of fused-ring (bicyclic) bond motifs is 1. The van der Waals surface area contributed by atoms with Crippen LogP contribution in [0.15, 0.2) is 30.5 Å². The smallest absolute Gasteiger partial charge is 0.130 e. The first kappa shape index (κ1) is 11.9. The van der Waals surface area contributed by atoms with Crippen molar-refractivity contribution in [3.05, 3.63) is 36.0 Å². The van der Waals surface area contributed by atoms with E-state index in [9.17, 15) is 4.79 Å². The van der Waals surface area contributed by atoms with Crippen molar-refractivity contribution in [2.75, 3.05) is 6.61 Å². The Kier molecular flexibility index (Phi) is 3.59. The van der Waals surface area contributed by atoms with Crippen LogP contribution >= 0.6 is 0 Å². The number of aromatic nitrogens is 1. The van der Waals surface area contributed by atoms with Crippen LogP contribution < -0.4 is 0 Å².